The zero-order valence-corrected chi connectivity index (χ0v) is 45.6. The number of ether oxygens (including phenoxy) is 3. The zero-order valence-electron chi connectivity index (χ0n) is 43.2. The molecule has 22 heteroatoms. The monoisotopic (exact) mass is 1090 g/mol. The first-order valence-corrected chi connectivity index (χ1v) is 28.8. The van der Waals surface area contributed by atoms with Gasteiger partial charge in [0.25, 0.3) is 0 Å². The molecule has 0 aromatic heterocycles. The van der Waals surface area contributed by atoms with E-state index >= 15 is 0 Å². The number of hydrogen-bond donors (Lipinski definition) is 2. The number of aryl methyl sites for hydroxylation is 3. The number of esters is 3. The van der Waals surface area contributed by atoms with E-state index in [9.17, 15) is 54.3 Å². The SMILES string of the molecule is CC(=O)C1=CCCN(S(=O)(=O)c2ccc(C)cc2)C1.CCOC(=O)C1=CCCN(S(=O)(=O)c2ccc(C)cc2)C1.CCOC(=O)C1CN(S(=O)(=O)c2ccc(C)cc2)CCC1O.CCOC(=O)C1CNCCC1=O. The summed E-state index contributed by atoms with van der Waals surface area (Å²) in [7, 11) is -10.7. The largest absolute Gasteiger partial charge is 0.466 e. The van der Waals surface area contributed by atoms with Gasteiger partial charge >= 0.3 is 17.9 Å². The number of piperidine rings is 2. The number of rotatable bonds is 13. The summed E-state index contributed by atoms with van der Waals surface area (Å²) >= 11 is 0. The Morgan fingerprint density at radius 2 is 1.03 bits per heavy atom. The number of hydrogen-bond acceptors (Lipinski definition) is 16. The van der Waals surface area contributed by atoms with Crippen molar-refractivity contribution in [1.29, 1.82) is 0 Å². The quantitative estimate of drug-likeness (QED) is 0.136. The summed E-state index contributed by atoms with van der Waals surface area (Å²) in [6.45, 7) is 15.4. The molecule has 0 amide bonds. The van der Waals surface area contributed by atoms with E-state index in [2.05, 4.69) is 5.32 Å². The van der Waals surface area contributed by atoms with Crippen LogP contribution in [0.2, 0.25) is 0 Å². The van der Waals surface area contributed by atoms with Gasteiger partial charge in [0.1, 0.15) is 11.7 Å². The Morgan fingerprint density at radius 3 is 1.46 bits per heavy atom. The zero-order chi connectivity index (χ0) is 54.8. The molecule has 74 heavy (non-hydrogen) atoms. The van der Waals surface area contributed by atoms with E-state index in [0.29, 0.717) is 63.2 Å². The maximum atomic E-state index is 12.6. The van der Waals surface area contributed by atoms with E-state index in [-0.39, 0.29) is 72.1 Å². The highest BCUT2D eigenvalue weighted by molar-refractivity contribution is 7.89. The number of aliphatic hydroxyl groups is 1. The molecule has 4 aliphatic heterocycles. The number of nitrogens with one attached hydrogen (secondary N) is 1. The molecular formula is C52H70N4O15S3. The predicted molar refractivity (Wildman–Crippen MR) is 276 cm³/mol. The lowest BCUT2D eigenvalue weighted by Crippen LogP contribution is -2.49. The Hall–Kier alpha value is -5.46. The van der Waals surface area contributed by atoms with Crippen molar-refractivity contribution in [2.45, 2.75) is 94.9 Å². The van der Waals surface area contributed by atoms with Crippen LogP contribution in [0, 0.1) is 32.6 Å². The highest BCUT2D eigenvalue weighted by Gasteiger charge is 2.39. The second-order valence-corrected chi connectivity index (χ2v) is 23.5. The van der Waals surface area contributed by atoms with Gasteiger partial charge in [-0.05, 0) is 104 Å². The molecule has 7 rings (SSSR count). The number of nitrogens with zero attached hydrogens (tertiary/aromatic N) is 3. The molecule has 406 valence electrons. The van der Waals surface area contributed by atoms with Gasteiger partial charge in [0.15, 0.2) is 5.78 Å². The summed E-state index contributed by atoms with van der Waals surface area (Å²) in [5.74, 6) is -2.88. The second kappa shape index (κ2) is 28.4. The number of Topliss-reactive ketones (excluding diaryl/α,β-unsaturated/α-hetero) is 2. The summed E-state index contributed by atoms with van der Waals surface area (Å²) in [6.07, 6.45) is 4.45. The van der Waals surface area contributed by atoms with Crippen molar-refractivity contribution in [2.75, 3.05) is 72.2 Å². The number of ketones is 2. The minimum Gasteiger partial charge on any atom is -0.466 e. The molecule has 3 aromatic rings. The van der Waals surface area contributed by atoms with Crippen LogP contribution in [0.15, 0.2) is 111 Å². The summed E-state index contributed by atoms with van der Waals surface area (Å²) in [6, 6.07) is 20.0. The molecule has 2 saturated heterocycles. The number of sulfonamides is 3. The lowest BCUT2D eigenvalue weighted by molar-refractivity contribution is -0.154. The molecule has 2 fully saturated rings. The Bertz CT molecular complexity index is 2820. The molecule has 0 aliphatic carbocycles. The average Bonchev–Trinajstić information content (AvgIpc) is 3.38. The van der Waals surface area contributed by atoms with E-state index < -0.39 is 65.9 Å². The van der Waals surface area contributed by atoms with Crippen molar-refractivity contribution in [3.8, 4) is 0 Å². The molecule has 0 radical (unpaired) electrons. The first-order chi connectivity index (χ1) is 35.0. The molecule has 19 nitrogen and oxygen atoms in total. The average molecular weight is 1090 g/mol. The lowest BCUT2D eigenvalue weighted by Gasteiger charge is -2.34. The van der Waals surface area contributed by atoms with Crippen LogP contribution in [0.3, 0.4) is 0 Å². The fourth-order valence-electron chi connectivity index (χ4n) is 7.86. The molecule has 4 heterocycles. The van der Waals surface area contributed by atoms with Crippen molar-refractivity contribution in [1.82, 2.24) is 18.2 Å². The van der Waals surface area contributed by atoms with Gasteiger partial charge in [-0.3, -0.25) is 19.2 Å². The number of carbonyl (C=O) groups excluding carboxylic acids is 5. The molecule has 3 unspecified atom stereocenters. The van der Waals surface area contributed by atoms with Gasteiger partial charge in [-0.15, -0.1) is 0 Å². The van der Waals surface area contributed by atoms with Gasteiger partial charge < -0.3 is 24.6 Å². The van der Waals surface area contributed by atoms with Gasteiger partial charge in [-0.25, -0.2) is 30.0 Å². The van der Waals surface area contributed by atoms with Crippen molar-refractivity contribution >= 4 is 59.5 Å². The highest BCUT2D eigenvalue weighted by atomic mass is 32.2. The molecule has 0 spiro atoms. The standard InChI is InChI=1S/C15H21NO5S.C15H19NO4S.C14H17NO3S.C8H13NO3/c1-3-21-15(18)13-10-16(9-8-14(13)17)22(19,20)12-6-4-11(2)5-7-12;1-3-20-15(17)13-5-4-10-16(11-13)21(18,19)14-8-6-12(2)7-9-14;1-11-5-7-14(8-6-11)19(17,18)15-9-3-4-13(10-15)12(2)16;1-2-12-8(11)6-5-9-4-3-7(6)10/h4-7,13-14,17H,3,8-10H2,1-2H3;5-9H,3-4,10-11H2,1-2H3;4-8H,3,9-10H2,1-2H3;6,9H,2-5H2,1H3. The minimum absolute atomic E-state index is 0.00722. The fraction of sp³-hybridized carbons (Fsp3) is 0.481. The van der Waals surface area contributed by atoms with Crippen LogP contribution in [-0.2, 0) is 68.3 Å². The van der Waals surface area contributed by atoms with Gasteiger partial charge in [-0.2, -0.15) is 12.9 Å². The van der Waals surface area contributed by atoms with Crippen LogP contribution < -0.4 is 5.32 Å². The van der Waals surface area contributed by atoms with Crippen molar-refractivity contribution in [2.24, 2.45) is 11.8 Å². The maximum Gasteiger partial charge on any atom is 0.335 e. The van der Waals surface area contributed by atoms with Gasteiger partial charge in [0.05, 0.1) is 46.5 Å². The van der Waals surface area contributed by atoms with Gasteiger partial charge in [-0.1, -0.05) is 65.2 Å². The molecule has 3 atom stereocenters. The number of carbonyl (C=O) groups is 5. The Kier molecular flexibility index (Phi) is 23.5. The second-order valence-electron chi connectivity index (χ2n) is 17.7. The molecule has 0 bridgehead atoms. The third kappa shape index (κ3) is 17.0. The molecule has 3 aromatic carbocycles. The van der Waals surface area contributed by atoms with Crippen LogP contribution >= 0.6 is 0 Å². The molecule has 4 aliphatic rings. The summed E-state index contributed by atoms with van der Waals surface area (Å²) in [5.41, 5.74) is 3.96. The van der Waals surface area contributed by atoms with Crippen LogP contribution in [0.25, 0.3) is 0 Å². The molecule has 0 saturated carbocycles. The van der Waals surface area contributed by atoms with Crippen LogP contribution in [-0.4, -0.2) is 151 Å². The molecule has 2 N–H and O–H groups in total. The smallest absolute Gasteiger partial charge is 0.335 e. The number of benzene rings is 3. The van der Waals surface area contributed by atoms with Crippen molar-refractivity contribution in [3.05, 3.63) is 113 Å². The van der Waals surface area contributed by atoms with Crippen LogP contribution in [0.1, 0.15) is 70.1 Å². The highest BCUT2D eigenvalue weighted by Crippen LogP contribution is 2.26. The third-order valence-electron chi connectivity index (χ3n) is 12.2. The summed E-state index contributed by atoms with van der Waals surface area (Å²) in [4.78, 5) is 58.0. The van der Waals surface area contributed by atoms with Crippen molar-refractivity contribution in [3.63, 3.8) is 0 Å². The van der Waals surface area contributed by atoms with E-state index in [1.54, 1.807) is 99.6 Å². The minimum atomic E-state index is -3.67. The topological polar surface area (TPSA) is 257 Å². The van der Waals surface area contributed by atoms with Crippen LogP contribution in [0.5, 0.6) is 0 Å². The predicted octanol–water partition coefficient (Wildman–Crippen LogP) is 4.44. The maximum absolute atomic E-state index is 12.6. The fourth-order valence-corrected chi connectivity index (χ4v) is 12.2. The van der Waals surface area contributed by atoms with E-state index in [4.69, 9.17) is 14.2 Å². The van der Waals surface area contributed by atoms with E-state index in [0.717, 1.165) is 16.7 Å². The number of aliphatic hydroxyl groups excluding tert-OH is 1. The summed E-state index contributed by atoms with van der Waals surface area (Å²) < 4.78 is 93.8. The first-order valence-electron chi connectivity index (χ1n) is 24.5. The third-order valence-corrected chi connectivity index (χ3v) is 17.8. The Labute approximate surface area is 436 Å². The first kappa shape index (κ1) is 61.1. The molecular weight excluding hydrogens is 1020 g/mol. The Morgan fingerprint density at radius 1 is 0.608 bits per heavy atom. The van der Waals surface area contributed by atoms with Crippen molar-refractivity contribution < 1.29 is 68.5 Å². The lowest BCUT2D eigenvalue weighted by atomic mass is 9.96. The van der Waals surface area contributed by atoms with E-state index in [1.807, 2.05) is 26.8 Å². The Balaban J connectivity index is 0.000000218. The summed E-state index contributed by atoms with van der Waals surface area (Å²) in [5, 5.41) is 12.9. The van der Waals surface area contributed by atoms with E-state index in [1.165, 1.54) is 19.8 Å². The normalized spacial score (nSPS) is 19.8. The van der Waals surface area contributed by atoms with Gasteiger partial charge in [0.2, 0.25) is 30.1 Å². The van der Waals surface area contributed by atoms with Crippen LogP contribution in [0.4, 0.5) is 0 Å². The van der Waals surface area contributed by atoms with Gasteiger partial charge in [0, 0.05) is 69.9 Å².